The van der Waals surface area contributed by atoms with Gasteiger partial charge in [0.15, 0.2) is 0 Å². The van der Waals surface area contributed by atoms with E-state index >= 15 is 0 Å². The molecule has 2 aliphatic carbocycles. The fourth-order valence-corrected chi connectivity index (χ4v) is 5.71. The first-order valence-corrected chi connectivity index (χ1v) is 13.7. The SMILES string of the molecule is CC(=O)N[C@H]1CON(C2(C(=O)OCc3ccc([N+](=O)[O-])cc3)OC(=O)CC2Sc2ccccc2)C1=O.c1cc2ccc1-2. The third kappa shape index (κ3) is 5.83. The predicted molar refractivity (Wildman–Crippen MR) is 148 cm³/mol. The number of amides is 2. The summed E-state index contributed by atoms with van der Waals surface area (Å²) in [5, 5.41) is 13.1. The Balaban J connectivity index is 0.000000513. The van der Waals surface area contributed by atoms with Gasteiger partial charge in [-0.1, -0.05) is 42.5 Å². The normalized spacial score (nSPS) is 21.6. The van der Waals surface area contributed by atoms with Crippen molar-refractivity contribution >= 4 is 41.2 Å². The fraction of sp³-hybridized carbons (Fsp3) is 0.241. The van der Waals surface area contributed by atoms with Crippen LogP contribution in [0.5, 0.6) is 0 Å². The Kier molecular flexibility index (Phi) is 8.22. The van der Waals surface area contributed by atoms with Gasteiger partial charge in [0.2, 0.25) is 5.91 Å². The number of cyclic esters (lactones) is 1. The number of esters is 2. The average Bonchev–Trinajstić information content (AvgIpc) is 3.49. The number of nitrogens with one attached hydrogen (secondary N) is 1. The number of thioether (sulfide) groups is 1. The molecule has 0 bridgehead atoms. The van der Waals surface area contributed by atoms with E-state index in [1.54, 1.807) is 30.3 Å². The van der Waals surface area contributed by atoms with E-state index in [2.05, 4.69) is 29.6 Å². The van der Waals surface area contributed by atoms with Gasteiger partial charge in [0.25, 0.3) is 11.6 Å². The number of hydrogen-bond acceptors (Lipinski definition) is 10. The number of hydrogen-bond donors (Lipinski definition) is 1. The third-order valence-electron chi connectivity index (χ3n) is 6.66. The number of ether oxygens (including phenoxy) is 2. The maximum absolute atomic E-state index is 13.5. The van der Waals surface area contributed by atoms with Crippen molar-refractivity contribution in [2.24, 2.45) is 0 Å². The summed E-state index contributed by atoms with van der Waals surface area (Å²) in [6, 6.07) is 21.6. The molecular formula is C29H25N3O9S. The van der Waals surface area contributed by atoms with Crippen molar-refractivity contribution < 1.29 is 38.4 Å². The van der Waals surface area contributed by atoms with Crippen LogP contribution in [0.2, 0.25) is 0 Å². The summed E-state index contributed by atoms with van der Waals surface area (Å²) >= 11 is 1.14. The van der Waals surface area contributed by atoms with Crippen LogP contribution >= 0.6 is 11.8 Å². The zero-order valence-electron chi connectivity index (χ0n) is 22.3. The molecule has 2 aromatic rings. The first-order chi connectivity index (χ1) is 20.2. The highest BCUT2D eigenvalue weighted by Gasteiger charge is 2.66. The number of carbonyl (C=O) groups excluding carboxylic acids is 4. The molecule has 1 N–H and O–H groups in total. The summed E-state index contributed by atoms with van der Waals surface area (Å²) in [6.07, 6.45) is -0.218. The molecule has 13 heteroatoms. The van der Waals surface area contributed by atoms with Gasteiger partial charge in [-0.05, 0) is 41.0 Å². The molecule has 2 amide bonds. The zero-order valence-corrected chi connectivity index (χ0v) is 23.1. The Bertz CT molecular complexity index is 1490. The quantitative estimate of drug-likeness (QED) is 0.183. The number of benzene rings is 3. The van der Waals surface area contributed by atoms with Crippen LogP contribution in [0.4, 0.5) is 5.69 Å². The molecule has 3 atom stereocenters. The largest absolute Gasteiger partial charge is 0.456 e. The molecular weight excluding hydrogens is 566 g/mol. The molecule has 0 aromatic heterocycles. The van der Waals surface area contributed by atoms with E-state index < -0.39 is 45.7 Å². The fourth-order valence-electron chi connectivity index (χ4n) is 4.45. The van der Waals surface area contributed by atoms with Crippen LogP contribution in [0.1, 0.15) is 18.9 Å². The summed E-state index contributed by atoms with van der Waals surface area (Å²) in [6.45, 7) is 0.653. The Morgan fingerprint density at radius 1 is 1.05 bits per heavy atom. The molecule has 2 fully saturated rings. The van der Waals surface area contributed by atoms with E-state index in [0.717, 1.165) is 11.8 Å². The smallest absolute Gasteiger partial charge is 0.376 e. The Morgan fingerprint density at radius 2 is 1.69 bits per heavy atom. The highest BCUT2D eigenvalue weighted by molar-refractivity contribution is 8.00. The van der Waals surface area contributed by atoms with Crippen molar-refractivity contribution in [3.63, 3.8) is 0 Å². The number of carbonyl (C=O) groups is 4. The minimum Gasteiger partial charge on any atom is -0.456 e. The molecule has 2 aromatic carbocycles. The number of hydroxylamine groups is 2. The van der Waals surface area contributed by atoms with E-state index in [1.165, 1.54) is 42.3 Å². The Hall–Kier alpha value is -4.75. The van der Waals surface area contributed by atoms with Crippen molar-refractivity contribution in [3.05, 3.63) is 94.5 Å². The predicted octanol–water partition coefficient (Wildman–Crippen LogP) is 3.39. The van der Waals surface area contributed by atoms with E-state index in [0.29, 0.717) is 15.5 Å². The summed E-state index contributed by atoms with van der Waals surface area (Å²) in [7, 11) is 0. The van der Waals surface area contributed by atoms with Gasteiger partial charge in [0, 0.05) is 24.0 Å². The van der Waals surface area contributed by atoms with Crippen molar-refractivity contribution in [1.29, 1.82) is 0 Å². The topological polar surface area (TPSA) is 154 Å². The molecule has 0 radical (unpaired) electrons. The molecule has 2 heterocycles. The lowest BCUT2D eigenvalue weighted by atomic mass is 9.95. The summed E-state index contributed by atoms with van der Waals surface area (Å²) in [5.41, 5.74) is 0.893. The van der Waals surface area contributed by atoms with Crippen molar-refractivity contribution in [2.75, 3.05) is 6.61 Å². The molecule has 42 heavy (non-hydrogen) atoms. The lowest BCUT2D eigenvalue weighted by molar-refractivity contribution is -0.384. The first-order valence-electron chi connectivity index (χ1n) is 12.9. The molecule has 12 nitrogen and oxygen atoms in total. The molecule has 216 valence electrons. The van der Waals surface area contributed by atoms with Gasteiger partial charge in [0.1, 0.15) is 19.3 Å². The maximum Gasteiger partial charge on any atom is 0.376 e. The average molecular weight is 592 g/mol. The molecule has 0 saturated carbocycles. The maximum atomic E-state index is 13.5. The van der Waals surface area contributed by atoms with E-state index in [-0.39, 0.29) is 25.3 Å². The van der Waals surface area contributed by atoms with Crippen molar-refractivity contribution in [3.8, 4) is 11.1 Å². The highest BCUT2D eigenvalue weighted by Crippen LogP contribution is 2.44. The lowest BCUT2D eigenvalue weighted by Crippen LogP contribution is -2.61. The standard InChI is InChI=1S/C23H21N3O9S.C6H4/c1-14(27)24-18-13-34-25(21(18)29)23(19(11-20(28)35-23)36-17-5-3-2-4-6-17)22(30)33-12-15-7-9-16(10-8-15)26(31)32;1-2-6-4-3-5(1)6/h2-10,18-19H,11-13H2,1H3,(H,24,27);1-4H/t18-,19?,23?;/m0./s1. The zero-order chi connectivity index (χ0) is 29.9. The second kappa shape index (κ2) is 12.0. The molecule has 2 aliphatic heterocycles. The number of nitro benzene ring substituents is 1. The van der Waals surface area contributed by atoms with Crippen molar-refractivity contribution in [1.82, 2.24) is 10.4 Å². The van der Waals surface area contributed by atoms with Crippen LogP contribution in [-0.2, 0) is 40.1 Å². The minimum atomic E-state index is -2.26. The molecule has 6 rings (SSSR count). The van der Waals surface area contributed by atoms with Crippen molar-refractivity contribution in [2.45, 2.75) is 41.9 Å². The van der Waals surface area contributed by atoms with Crippen LogP contribution in [-0.4, -0.2) is 57.4 Å². The number of fused-ring (bicyclic) bond motifs is 1. The van der Waals surface area contributed by atoms with Crippen LogP contribution in [0.3, 0.4) is 0 Å². The summed E-state index contributed by atoms with van der Waals surface area (Å²) in [4.78, 5) is 67.2. The van der Waals surface area contributed by atoms with Gasteiger partial charge in [-0.3, -0.25) is 29.3 Å². The van der Waals surface area contributed by atoms with E-state index in [9.17, 15) is 29.3 Å². The second-order valence-electron chi connectivity index (χ2n) is 9.55. The van der Waals surface area contributed by atoms with Gasteiger partial charge < -0.3 is 14.8 Å². The molecule has 4 aliphatic rings. The second-order valence-corrected chi connectivity index (χ2v) is 10.8. The van der Waals surface area contributed by atoms with Gasteiger partial charge in [-0.25, -0.2) is 4.79 Å². The third-order valence-corrected chi connectivity index (χ3v) is 7.97. The van der Waals surface area contributed by atoms with Crippen LogP contribution in [0.25, 0.3) is 11.1 Å². The molecule has 2 unspecified atom stereocenters. The van der Waals surface area contributed by atoms with Gasteiger partial charge in [0.05, 0.1) is 16.6 Å². The van der Waals surface area contributed by atoms with Gasteiger partial charge in [-0.15, -0.1) is 11.8 Å². The Morgan fingerprint density at radius 3 is 2.24 bits per heavy atom. The van der Waals surface area contributed by atoms with Gasteiger partial charge in [-0.2, -0.15) is 5.06 Å². The first kappa shape index (κ1) is 28.8. The van der Waals surface area contributed by atoms with E-state index in [1.807, 2.05) is 0 Å². The molecule has 2 saturated heterocycles. The number of nitro groups is 1. The summed E-state index contributed by atoms with van der Waals surface area (Å²) < 4.78 is 10.9. The van der Waals surface area contributed by atoms with Gasteiger partial charge >= 0.3 is 17.7 Å². The number of rotatable bonds is 8. The van der Waals surface area contributed by atoms with Crippen LogP contribution in [0.15, 0.2) is 83.8 Å². The Labute approximate surface area is 244 Å². The highest BCUT2D eigenvalue weighted by atomic mass is 32.2. The lowest BCUT2D eigenvalue weighted by Gasteiger charge is -2.36. The van der Waals surface area contributed by atoms with Crippen LogP contribution in [0, 0.1) is 10.1 Å². The number of non-ortho nitro benzene ring substituents is 1. The minimum absolute atomic E-state index is 0.134. The van der Waals surface area contributed by atoms with E-state index in [4.69, 9.17) is 14.3 Å². The van der Waals surface area contributed by atoms with Crippen LogP contribution < -0.4 is 5.32 Å². The summed E-state index contributed by atoms with van der Waals surface area (Å²) in [5.74, 6) is -3.05. The molecule has 0 spiro atoms. The number of nitrogens with zero attached hydrogens (tertiary/aromatic N) is 2. The monoisotopic (exact) mass is 591 g/mol.